The van der Waals surface area contributed by atoms with E-state index in [0.29, 0.717) is 17.8 Å². The maximum atomic E-state index is 11.9. The van der Waals surface area contributed by atoms with Crippen LogP contribution in [0.25, 0.3) is 0 Å². The highest BCUT2D eigenvalue weighted by atomic mass is 16.5. The van der Waals surface area contributed by atoms with Crippen LogP contribution in [0.2, 0.25) is 0 Å². The van der Waals surface area contributed by atoms with Crippen molar-refractivity contribution < 1.29 is 19.1 Å². The lowest BCUT2D eigenvalue weighted by molar-refractivity contribution is -0.126. The average Bonchev–Trinajstić information content (AvgIpc) is 2.56. The number of ether oxygens (including phenoxy) is 1. The molecule has 1 aliphatic heterocycles. The summed E-state index contributed by atoms with van der Waals surface area (Å²) >= 11 is 0. The zero-order chi connectivity index (χ0) is 17.4. The van der Waals surface area contributed by atoms with E-state index in [9.17, 15) is 14.4 Å². The molecule has 0 saturated carbocycles. The second kappa shape index (κ2) is 9.14. The van der Waals surface area contributed by atoms with E-state index >= 15 is 0 Å². The van der Waals surface area contributed by atoms with Crippen molar-refractivity contribution in [2.75, 3.05) is 44.7 Å². The third-order valence-corrected chi connectivity index (χ3v) is 3.73. The van der Waals surface area contributed by atoms with Crippen molar-refractivity contribution in [1.82, 2.24) is 10.2 Å². The van der Waals surface area contributed by atoms with Gasteiger partial charge in [-0.2, -0.15) is 0 Å². The fraction of sp³-hybridized carbons (Fsp3) is 0.471. The summed E-state index contributed by atoms with van der Waals surface area (Å²) in [6.45, 7) is 5.88. The molecule has 0 unspecified atom stereocenters. The largest absolute Gasteiger partial charge is 0.379 e. The number of hydrogen-bond donors (Lipinski definition) is 2. The monoisotopic (exact) mass is 333 g/mol. The SMILES string of the molecule is CC(=O)c1cccc(NC(=O)CC(=O)NCCN2CCOCC2)c1. The number of anilines is 1. The number of Topliss-reactive ketones (excluding diaryl/α,β-unsaturated/α-hetero) is 1. The fourth-order valence-corrected chi connectivity index (χ4v) is 2.41. The Bertz CT molecular complexity index is 597. The Hall–Kier alpha value is -2.25. The number of nitrogens with zero attached hydrogens (tertiary/aromatic N) is 1. The summed E-state index contributed by atoms with van der Waals surface area (Å²) in [5, 5.41) is 5.37. The third kappa shape index (κ3) is 6.10. The highest BCUT2D eigenvalue weighted by Gasteiger charge is 2.12. The van der Waals surface area contributed by atoms with E-state index < -0.39 is 5.91 Å². The summed E-state index contributed by atoms with van der Waals surface area (Å²) in [6, 6.07) is 6.64. The second-order valence-electron chi connectivity index (χ2n) is 5.67. The van der Waals surface area contributed by atoms with Crippen LogP contribution in [0.15, 0.2) is 24.3 Å². The zero-order valence-electron chi connectivity index (χ0n) is 13.8. The van der Waals surface area contributed by atoms with Gasteiger partial charge in [0.1, 0.15) is 6.42 Å². The maximum absolute atomic E-state index is 11.9. The smallest absolute Gasteiger partial charge is 0.233 e. The lowest BCUT2D eigenvalue weighted by Crippen LogP contribution is -2.41. The van der Waals surface area contributed by atoms with Gasteiger partial charge in [0.2, 0.25) is 11.8 Å². The molecule has 0 bridgehead atoms. The van der Waals surface area contributed by atoms with E-state index in [-0.39, 0.29) is 18.1 Å². The number of morpholine rings is 1. The molecule has 0 aromatic heterocycles. The first-order chi connectivity index (χ1) is 11.5. The maximum Gasteiger partial charge on any atom is 0.233 e. The van der Waals surface area contributed by atoms with Crippen molar-refractivity contribution in [3.05, 3.63) is 29.8 Å². The molecule has 0 atom stereocenters. The second-order valence-corrected chi connectivity index (χ2v) is 5.67. The quantitative estimate of drug-likeness (QED) is 0.565. The fourth-order valence-electron chi connectivity index (χ4n) is 2.41. The van der Waals surface area contributed by atoms with E-state index in [4.69, 9.17) is 4.74 Å². The molecule has 1 aromatic carbocycles. The van der Waals surface area contributed by atoms with Crippen LogP contribution < -0.4 is 10.6 Å². The summed E-state index contributed by atoms with van der Waals surface area (Å²) in [6.07, 6.45) is -0.243. The van der Waals surface area contributed by atoms with Crippen LogP contribution in [-0.2, 0) is 14.3 Å². The lowest BCUT2D eigenvalue weighted by Gasteiger charge is -2.26. The van der Waals surface area contributed by atoms with Crippen molar-refractivity contribution >= 4 is 23.3 Å². The number of carbonyl (C=O) groups is 3. The Balaban J connectivity index is 1.70. The van der Waals surface area contributed by atoms with Gasteiger partial charge in [0.15, 0.2) is 5.78 Å². The van der Waals surface area contributed by atoms with Gasteiger partial charge in [-0.15, -0.1) is 0 Å². The standard InChI is InChI=1S/C17H23N3O4/c1-13(21)14-3-2-4-15(11-14)19-17(23)12-16(22)18-5-6-20-7-9-24-10-8-20/h2-4,11H,5-10,12H2,1H3,(H,18,22)(H,19,23). The lowest BCUT2D eigenvalue weighted by atomic mass is 10.1. The molecule has 2 N–H and O–H groups in total. The summed E-state index contributed by atoms with van der Waals surface area (Å²) in [5.74, 6) is -0.796. The van der Waals surface area contributed by atoms with Crippen LogP contribution in [0, 0.1) is 0 Å². The Kier molecular flexibility index (Phi) is 6.89. The Morgan fingerprint density at radius 1 is 1.17 bits per heavy atom. The molecular formula is C17H23N3O4. The molecule has 0 spiro atoms. The molecule has 0 aliphatic carbocycles. The minimum absolute atomic E-state index is 0.0769. The molecule has 1 aliphatic rings. The molecule has 7 nitrogen and oxygen atoms in total. The molecule has 1 fully saturated rings. The number of hydrogen-bond acceptors (Lipinski definition) is 5. The molecule has 7 heteroatoms. The highest BCUT2D eigenvalue weighted by Crippen LogP contribution is 2.11. The molecule has 2 amide bonds. The highest BCUT2D eigenvalue weighted by molar-refractivity contribution is 6.04. The van der Waals surface area contributed by atoms with Crippen molar-refractivity contribution in [3.63, 3.8) is 0 Å². The van der Waals surface area contributed by atoms with Gasteiger partial charge in [0, 0.05) is 37.4 Å². The van der Waals surface area contributed by atoms with Gasteiger partial charge in [-0.3, -0.25) is 19.3 Å². The summed E-state index contributed by atoms with van der Waals surface area (Å²) < 4.78 is 5.26. The van der Waals surface area contributed by atoms with Gasteiger partial charge >= 0.3 is 0 Å². The van der Waals surface area contributed by atoms with Crippen LogP contribution in [0.3, 0.4) is 0 Å². The molecule has 2 rings (SSSR count). The van der Waals surface area contributed by atoms with Gasteiger partial charge < -0.3 is 15.4 Å². The number of ketones is 1. The molecule has 1 aromatic rings. The Morgan fingerprint density at radius 3 is 2.62 bits per heavy atom. The molecule has 1 saturated heterocycles. The number of amides is 2. The van der Waals surface area contributed by atoms with Gasteiger partial charge in [0.25, 0.3) is 0 Å². The van der Waals surface area contributed by atoms with Gasteiger partial charge in [0.05, 0.1) is 13.2 Å². The summed E-state index contributed by atoms with van der Waals surface area (Å²) in [5.41, 5.74) is 1.02. The van der Waals surface area contributed by atoms with E-state index in [2.05, 4.69) is 15.5 Å². The molecule has 0 radical (unpaired) electrons. The van der Waals surface area contributed by atoms with Crippen LogP contribution in [0.1, 0.15) is 23.7 Å². The predicted molar refractivity (Wildman–Crippen MR) is 90.0 cm³/mol. The van der Waals surface area contributed by atoms with Crippen LogP contribution in [0.5, 0.6) is 0 Å². The molecule has 24 heavy (non-hydrogen) atoms. The van der Waals surface area contributed by atoms with E-state index in [1.165, 1.54) is 6.92 Å². The topological polar surface area (TPSA) is 87.7 Å². The van der Waals surface area contributed by atoms with E-state index in [0.717, 1.165) is 32.8 Å². The minimum Gasteiger partial charge on any atom is -0.379 e. The molecule has 1 heterocycles. The van der Waals surface area contributed by atoms with Crippen LogP contribution >= 0.6 is 0 Å². The number of benzene rings is 1. The molecule has 130 valence electrons. The van der Waals surface area contributed by atoms with Crippen molar-refractivity contribution in [2.24, 2.45) is 0 Å². The molecular weight excluding hydrogens is 310 g/mol. The first-order valence-corrected chi connectivity index (χ1v) is 8.02. The minimum atomic E-state index is -0.403. The number of carbonyl (C=O) groups excluding carboxylic acids is 3. The first-order valence-electron chi connectivity index (χ1n) is 8.02. The van der Waals surface area contributed by atoms with Crippen molar-refractivity contribution in [1.29, 1.82) is 0 Å². The number of rotatable bonds is 7. The normalized spacial score (nSPS) is 14.9. The Morgan fingerprint density at radius 2 is 1.92 bits per heavy atom. The predicted octanol–water partition coefficient (Wildman–Crippen LogP) is 0.666. The van der Waals surface area contributed by atoms with Crippen LogP contribution in [-0.4, -0.2) is 61.9 Å². The van der Waals surface area contributed by atoms with Crippen molar-refractivity contribution in [3.8, 4) is 0 Å². The first kappa shape index (κ1) is 18.1. The number of nitrogens with one attached hydrogen (secondary N) is 2. The average molecular weight is 333 g/mol. The summed E-state index contributed by atoms with van der Waals surface area (Å²) in [4.78, 5) is 37.2. The van der Waals surface area contributed by atoms with Gasteiger partial charge in [-0.05, 0) is 19.1 Å². The van der Waals surface area contributed by atoms with Crippen molar-refractivity contribution in [2.45, 2.75) is 13.3 Å². The third-order valence-electron chi connectivity index (χ3n) is 3.73. The van der Waals surface area contributed by atoms with Crippen LogP contribution in [0.4, 0.5) is 5.69 Å². The van der Waals surface area contributed by atoms with Gasteiger partial charge in [-0.1, -0.05) is 12.1 Å². The van der Waals surface area contributed by atoms with E-state index in [1.807, 2.05) is 0 Å². The van der Waals surface area contributed by atoms with E-state index in [1.54, 1.807) is 24.3 Å². The summed E-state index contributed by atoms with van der Waals surface area (Å²) in [7, 11) is 0. The zero-order valence-corrected chi connectivity index (χ0v) is 13.8. The Labute approximate surface area is 141 Å². The van der Waals surface area contributed by atoms with Gasteiger partial charge in [-0.25, -0.2) is 0 Å².